The van der Waals surface area contributed by atoms with E-state index in [0.717, 1.165) is 22.6 Å². The Hall–Kier alpha value is -3.52. The van der Waals surface area contributed by atoms with Crippen LogP contribution in [0.4, 0.5) is 17.1 Å². The van der Waals surface area contributed by atoms with Crippen LogP contribution >= 0.6 is 0 Å². The molecule has 0 unspecified atom stereocenters. The van der Waals surface area contributed by atoms with Crippen LogP contribution in [0.5, 0.6) is 0 Å². The Bertz CT molecular complexity index is 1390. The van der Waals surface area contributed by atoms with Crippen LogP contribution in [0.3, 0.4) is 0 Å². The highest BCUT2D eigenvalue weighted by Crippen LogP contribution is 2.42. The van der Waals surface area contributed by atoms with Gasteiger partial charge in [0, 0.05) is 11.1 Å². The summed E-state index contributed by atoms with van der Waals surface area (Å²) in [7, 11) is 0. The van der Waals surface area contributed by atoms with Gasteiger partial charge in [-0.05, 0) is 56.2 Å². The van der Waals surface area contributed by atoms with E-state index in [1.807, 2.05) is 24.3 Å². The van der Waals surface area contributed by atoms with E-state index < -0.39 is 0 Å². The second-order valence-corrected chi connectivity index (χ2v) is 13.6. The first-order chi connectivity index (χ1) is 17.6. The summed E-state index contributed by atoms with van der Waals surface area (Å²) in [4.78, 5) is 0. The lowest BCUT2D eigenvalue weighted by atomic mass is 9.78. The van der Waals surface area contributed by atoms with Gasteiger partial charge in [0.2, 0.25) is 0 Å². The molecule has 3 N–H and O–H groups in total. The molecule has 0 atom stereocenters. The molecule has 4 aromatic carbocycles. The van der Waals surface area contributed by atoms with E-state index in [0.29, 0.717) is 0 Å². The Morgan fingerprint density at radius 1 is 0.500 bits per heavy atom. The Morgan fingerprint density at radius 3 is 1.50 bits per heavy atom. The molecular weight excluding hydrogens is 460 g/mol. The van der Waals surface area contributed by atoms with Crippen LogP contribution < -0.4 is 11.1 Å². The van der Waals surface area contributed by atoms with Crippen molar-refractivity contribution >= 4 is 17.1 Å². The van der Waals surface area contributed by atoms with Gasteiger partial charge in [0.05, 0.1) is 17.1 Å². The zero-order chi connectivity index (χ0) is 27.9. The average molecular weight is 505 g/mol. The number of nitrogen functional groups attached to an aromatic ring is 1. The molecule has 0 spiro atoms. The van der Waals surface area contributed by atoms with Gasteiger partial charge >= 0.3 is 0 Å². The fourth-order valence-electron chi connectivity index (χ4n) is 4.71. The lowest BCUT2D eigenvalue weighted by Crippen LogP contribution is -2.16. The summed E-state index contributed by atoms with van der Waals surface area (Å²) in [6, 6.07) is 30.7. The zero-order valence-corrected chi connectivity index (χ0v) is 24.7. The van der Waals surface area contributed by atoms with Gasteiger partial charge in [-0.2, -0.15) is 0 Å². The number of anilines is 3. The van der Waals surface area contributed by atoms with Crippen molar-refractivity contribution in [2.75, 3.05) is 11.1 Å². The minimum atomic E-state index is 0.0356. The fourth-order valence-corrected chi connectivity index (χ4v) is 4.71. The fraction of sp³-hybridized carbons (Fsp3) is 0.333. The zero-order valence-electron chi connectivity index (χ0n) is 24.7. The summed E-state index contributed by atoms with van der Waals surface area (Å²) in [5.41, 5.74) is 18.0. The van der Waals surface area contributed by atoms with E-state index in [-0.39, 0.29) is 16.2 Å². The van der Waals surface area contributed by atoms with Crippen molar-refractivity contribution in [2.24, 2.45) is 0 Å². The number of hydrogen-bond acceptors (Lipinski definition) is 2. The molecule has 0 aromatic heterocycles. The van der Waals surface area contributed by atoms with Crippen molar-refractivity contribution in [1.82, 2.24) is 0 Å². The van der Waals surface area contributed by atoms with E-state index in [4.69, 9.17) is 5.73 Å². The van der Waals surface area contributed by atoms with Crippen LogP contribution in [0.15, 0.2) is 84.9 Å². The number of nitrogens with one attached hydrogen (secondary N) is 1. The minimum absolute atomic E-state index is 0.0356. The van der Waals surface area contributed by atoms with Crippen LogP contribution in [0.1, 0.15) is 79.0 Å². The molecule has 0 amide bonds. The summed E-state index contributed by atoms with van der Waals surface area (Å²) >= 11 is 0. The van der Waals surface area contributed by atoms with Crippen LogP contribution in [0.2, 0.25) is 0 Å². The van der Waals surface area contributed by atoms with E-state index in [1.54, 1.807) is 0 Å². The predicted molar refractivity (Wildman–Crippen MR) is 168 cm³/mol. The molecule has 0 fully saturated rings. The number of hydrogen-bond donors (Lipinski definition) is 2. The van der Waals surface area contributed by atoms with E-state index in [9.17, 15) is 0 Å². The summed E-state index contributed by atoms with van der Waals surface area (Å²) < 4.78 is 0. The summed E-state index contributed by atoms with van der Waals surface area (Å²) in [6.07, 6.45) is 0. The largest absolute Gasteiger partial charge is 0.397 e. The second-order valence-electron chi connectivity index (χ2n) is 13.6. The molecule has 0 aliphatic carbocycles. The van der Waals surface area contributed by atoms with Crippen molar-refractivity contribution < 1.29 is 0 Å². The topological polar surface area (TPSA) is 38.0 Å². The van der Waals surface area contributed by atoms with Crippen LogP contribution in [-0.4, -0.2) is 0 Å². The Balaban J connectivity index is 1.98. The summed E-state index contributed by atoms with van der Waals surface area (Å²) in [5, 5.41) is 3.74. The first-order valence-corrected chi connectivity index (χ1v) is 13.7. The lowest BCUT2D eigenvalue weighted by molar-refractivity contribution is 0.569. The van der Waals surface area contributed by atoms with E-state index in [1.165, 1.54) is 33.4 Å². The number of rotatable bonds is 4. The molecule has 0 saturated heterocycles. The summed E-state index contributed by atoms with van der Waals surface area (Å²) in [6.45, 7) is 20.5. The van der Waals surface area contributed by atoms with Gasteiger partial charge < -0.3 is 11.1 Å². The molecule has 0 aliphatic rings. The molecule has 0 heterocycles. The van der Waals surface area contributed by atoms with Gasteiger partial charge in [0.25, 0.3) is 0 Å². The maximum atomic E-state index is 6.41. The third-order valence-corrected chi connectivity index (χ3v) is 7.32. The minimum Gasteiger partial charge on any atom is -0.397 e. The molecule has 0 radical (unpaired) electrons. The van der Waals surface area contributed by atoms with Crippen molar-refractivity contribution in [3.8, 4) is 22.3 Å². The highest BCUT2D eigenvalue weighted by molar-refractivity contribution is 5.94. The van der Waals surface area contributed by atoms with Gasteiger partial charge in [-0.15, -0.1) is 0 Å². The molecule has 0 saturated carbocycles. The third kappa shape index (κ3) is 5.96. The first kappa shape index (κ1) is 27.5. The Labute approximate surface area is 230 Å². The van der Waals surface area contributed by atoms with Crippen molar-refractivity contribution in [3.05, 3.63) is 102 Å². The molecule has 0 aliphatic heterocycles. The van der Waals surface area contributed by atoms with Crippen LogP contribution in [-0.2, 0) is 16.2 Å². The average Bonchev–Trinajstić information content (AvgIpc) is 2.84. The lowest BCUT2D eigenvalue weighted by Gasteiger charge is -2.27. The quantitative estimate of drug-likeness (QED) is 0.271. The van der Waals surface area contributed by atoms with E-state index in [2.05, 4.69) is 128 Å². The van der Waals surface area contributed by atoms with Gasteiger partial charge in [-0.3, -0.25) is 0 Å². The standard InChI is InChI=1S/C36H44N2/c1-34(2,3)26-19-17-24(18-20-26)29-13-12-14-30(33(29)38-32-16-11-10-15-31(32)37)25-21-27(35(4,5)6)23-28(22-25)36(7,8)9/h10-23,38H,37H2,1-9H3. The van der Waals surface area contributed by atoms with Gasteiger partial charge in [0.1, 0.15) is 0 Å². The maximum Gasteiger partial charge on any atom is 0.0618 e. The highest BCUT2D eigenvalue weighted by Gasteiger charge is 2.23. The Morgan fingerprint density at radius 2 is 1.00 bits per heavy atom. The van der Waals surface area contributed by atoms with Gasteiger partial charge in [-0.25, -0.2) is 0 Å². The molecule has 198 valence electrons. The molecule has 0 bridgehead atoms. The van der Waals surface area contributed by atoms with Crippen molar-refractivity contribution in [2.45, 2.75) is 78.6 Å². The molecule has 2 nitrogen and oxygen atoms in total. The maximum absolute atomic E-state index is 6.41. The van der Waals surface area contributed by atoms with E-state index >= 15 is 0 Å². The highest BCUT2D eigenvalue weighted by atomic mass is 14.9. The molecule has 38 heavy (non-hydrogen) atoms. The molecule has 2 heteroatoms. The number of benzene rings is 4. The molecular formula is C36H44N2. The number of para-hydroxylation sites is 3. The predicted octanol–water partition coefficient (Wildman–Crippen LogP) is 10.2. The normalized spacial score (nSPS) is 12.4. The Kier molecular flexibility index (Phi) is 7.23. The smallest absolute Gasteiger partial charge is 0.0618 e. The van der Waals surface area contributed by atoms with Gasteiger partial charge in [0.15, 0.2) is 0 Å². The monoisotopic (exact) mass is 504 g/mol. The molecule has 4 rings (SSSR count). The second kappa shape index (κ2) is 9.98. The SMILES string of the molecule is CC(C)(C)c1ccc(-c2cccc(-c3cc(C(C)(C)C)cc(C(C)(C)C)c3)c2Nc2ccccc2N)cc1. The number of nitrogens with two attached hydrogens (primary N) is 1. The first-order valence-electron chi connectivity index (χ1n) is 13.7. The summed E-state index contributed by atoms with van der Waals surface area (Å²) in [5.74, 6) is 0. The van der Waals surface area contributed by atoms with Crippen LogP contribution in [0.25, 0.3) is 22.3 Å². The van der Waals surface area contributed by atoms with Crippen LogP contribution in [0, 0.1) is 0 Å². The molecule has 4 aromatic rings. The van der Waals surface area contributed by atoms with Crippen molar-refractivity contribution in [3.63, 3.8) is 0 Å². The van der Waals surface area contributed by atoms with Crippen molar-refractivity contribution in [1.29, 1.82) is 0 Å². The third-order valence-electron chi connectivity index (χ3n) is 7.32. The van der Waals surface area contributed by atoms with Gasteiger partial charge in [-0.1, -0.05) is 135 Å².